The van der Waals surface area contributed by atoms with E-state index < -0.39 is 6.10 Å². The number of ether oxygens (including phenoxy) is 1. The van der Waals surface area contributed by atoms with Crippen molar-refractivity contribution in [2.24, 2.45) is 0 Å². The van der Waals surface area contributed by atoms with Gasteiger partial charge in [-0.15, -0.1) is 0 Å². The monoisotopic (exact) mass is 223 g/mol. The van der Waals surface area contributed by atoms with Crippen molar-refractivity contribution in [1.29, 1.82) is 0 Å². The summed E-state index contributed by atoms with van der Waals surface area (Å²) in [5.41, 5.74) is 0.772. The van der Waals surface area contributed by atoms with Crippen molar-refractivity contribution in [2.45, 2.75) is 20.0 Å². The first-order valence-electron chi connectivity index (χ1n) is 5.31. The summed E-state index contributed by atoms with van der Waals surface area (Å²) in [5, 5.41) is 12.0. The van der Waals surface area contributed by atoms with Crippen LogP contribution in [-0.2, 0) is 4.79 Å². The molecule has 1 amide bonds. The van der Waals surface area contributed by atoms with Gasteiger partial charge in [0.05, 0.1) is 6.10 Å². The predicted octanol–water partition coefficient (Wildman–Crippen LogP) is 1.25. The van der Waals surface area contributed by atoms with Crippen molar-refractivity contribution in [3.63, 3.8) is 0 Å². The van der Waals surface area contributed by atoms with Gasteiger partial charge in [-0.3, -0.25) is 4.79 Å². The summed E-state index contributed by atoms with van der Waals surface area (Å²) in [5.74, 6) is 0.439. The molecule has 4 nitrogen and oxygen atoms in total. The van der Waals surface area contributed by atoms with Gasteiger partial charge in [-0.05, 0) is 31.5 Å². The molecule has 1 unspecified atom stereocenters. The Labute approximate surface area is 95.2 Å². The van der Waals surface area contributed by atoms with Gasteiger partial charge in [0.15, 0.2) is 6.61 Å². The number of likely N-dealkylation sites (N-methyl/N-ethyl adjacent to an activating group) is 1. The highest BCUT2D eigenvalue weighted by molar-refractivity contribution is 5.77. The minimum atomic E-state index is -0.534. The third kappa shape index (κ3) is 3.90. The highest BCUT2D eigenvalue weighted by atomic mass is 16.5. The molecule has 1 atom stereocenters. The first kappa shape index (κ1) is 12.5. The lowest BCUT2D eigenvalue weighted by atomic mass is 10.1. The molecule has 0 saturated carbocycles. The molecule has 0 aliphatic rings. The van der Waals surface area contributed by atoms with Gasteiger partial charge >= 0.3 is 0 Å². The van der Waals surface area contributed by atoms with Gasteiger partial charge in [0.25, 0.3) is 5.91 Å². The van der Waals surface area contributed by atoms with Crippen LogP contribution in [0.15, 0.2) is 24.3 Å². The van der Waals surface area contributed by atoms with Crippen LogP contribution in [0.1, 0.15) is 25.5 Å². The Morgan fingerprint density at radius 3 is 2.94 bits per heavy atom. The number of rotatable bonds is 5. The van der Waals surface area contributed by atoms with E-state index in [1.807, 2.05) is 13.0 Å². The highest BCUT2D eigenvalue weighted by Crippen LogP contribution is 2.18. The summed E-state index contributed by atoms with van der Waals surface area (Å²) < 4.78 is 5.29. The van der Waals surface area contributed by atoms with Crippen LogP contribution in [0, 0.1) is 0 Å². The van der Waals surface area contributed by atoms with Gasteiger partial charge in [-0.25, -0.2) is 0 Å². The van der Waals surface area contributed by atoms with Crippen LogP contribution in [-0.4, -0.2) is 24.2 Å². The molecule has 0 fully saturated rings. The maximum Gasteiger partial charge on any atom is 0.257 e. The molecular formula is C12H17NO3. The predicted molar refractivity (Wildman–Crippen MR) is 61.3 cm³/mol. The Balaban J connectivity index is 2.54. The SMILES string of the molecule is CCNC(=O)COc1cccc(C(C)O)c1. The van der Waals surface area contributed by atoms with Crippen LogP contribution < -0.4 is 10.1 Å². The average molecular weight is 223 g/mol. The van der Waals surface area contributed by atoms with Gasteiger partial charge in [0.1, 0.15) is 5.75 Å². The molecule has 0 aliphatic heterocycles. The van der Waals surface area contributed by atoms with Crippen molar-refractivity contribution in [3.05, 3.63) is 29.8 Å². The molecule has 0 saturated heterocycles. The van der Waals surface area contributed by atoms with Gasteiger partial charge in [0, 0.05) is 6.54 Å². The van der Waals surface area contributed by atoms with E-state index >= 15 is 0 Å². The Morgan fingerprint density at radius 2 is 2.31 bits per heavy atom. The molecule has 1 rings (SSSR count). The van der Waals surface area contributed by atoms with Gasteiger partial charge in [0.2, 0.25) is 0 Å². The van der Waals surface area contributed by atoms with Crippen LogP contribution in [0.2, 0.25) is 0 Å². The second-order valence-corrected chi connectivity index (χ2v) is 3.49. The number of hydrogen-bond acceptors (Lipinski definition) is 3. The van der Waals surface area contributed by atoms with E-state index in [1.54, 1.807) is 25.1 Å². The standard InChI is InChI=1S/C12H17NO3/c1-3-13-12(15)8-16-11-6-4-5-10(7-11)9(2)14/h4-7,9,14H,3,8H2,1-2H3,(H,13,15). The average Bonchev–Trinajstić information content (AvgIpc) is 2.27. The fourth-order valence-electron chi connectivity index (χ4n) is 1.26. The Kier molecular flexibility index (Phi) is 4.79. The third-order valence-electron chi connectivity index (χ3n) is 2.08. The zero-order valence-electron chi connectivity index (χ0n) is 9.56. The van der Waals surface area contributed by atoms with E-state index in [0.717, 1.165) is 5.56 Å². The molecule has 1 aromatic rings. The van der Waals surface area contributed by atoms with Crippen molar-refractivity contribution in [3.8, 4) is 5.75 Å². The zero-order chi connectivity index (χ0) is 12.0. The molecular weight excluding hydrogens is 206 g/mol. The molecule has 0 heterocycles. The summed E-state index contributed by atoms with van der Waals surface area (Å²) in [6.07, 6.45) is -0.534. The molecule has 4 heteroatoms. The third-order valence-corrected chi connectivity index (χ3v) is 2.08. The van der Waals surface area contributed by atoms with Gasteiger partial charge in [-0.2, -0.15) is 0 Å². The maximum absolute atomic E-state index is 11.1. The normalized spacial score (nSPS) is 11.9. The van der Waals surface area contributed by atoms with Crippen LogP contribution in [0.4, 0.5) is 0 Å². The summed E-state index contributed by atoms with van der Waals surface area (Å²) >= 11 is 0. The van der Waals surface area contributed by atoms with Crippen LogP contribution in [0.25, 0.3) is 0 Å². The minimum Gasteiger partial charge on any atom is -0.484 e. The lowest BCUT2D eigenvalue weighted by Crippen LogP contribution is -2.28. The maximum atomic E-state index is 11.1. The molecule has 0 spiro atoms. The largest absolute Gasteiger partial charge is 0.484 e. The molecule has 1 aromatic carbocycles. The fraction of sp³-hybridized carbons (Fsp3) is 0.417. The Hall–Kier alpha value is -1.55. The lowest BCUT2D eigenvalue weighted by Gasteiger charge is -2.09. The Bertz CT molecular complexity index is 350. The van der Waals surface area contributed by atoms with Crippen molar-refractivity contribution in [2.75, 3.05) is 13.2 Å². The molecule has 16 heavy (non-hydrogen) atoms. The molecule has 0 radical (unpaired) electrons. The summed E-state index contributed by atoms with van der Waals surface area (Å²) in [6, 6.07) is 7.08. The van der Waals surface area contributed by atoms with Crippen molar-refractivity contribution in [1.82, 2.24) is 5.32 Å². The van der Waals surface area contributed by atoms with Crippen LogP contribution in [0.3, 0.4) is 0 Å². The Morgan fingerprint density at radius 1 is 1.56 bits per heavy atom. The van der Waals surface area contributed by atoms with Crippen LogP contribution in [0.5, 0.6) is 5.75 Å². The van der Waals surface area contributed by atoms with Gasteiger partial charge in [-0.1, -0.05) is 12.1 Å². The molecule has 0 aliphatic carbocycles. The molecule has 88 valence electrons. The summed E-state index contributed by atoms with van der Waals surface area (Å²) in [4.78, 5) is 11.1. The number of carbonyl (C=O) groups excluding carboxylic acids is 1. The van der Waals surface area contributed by atoms with Gasteiger partial charge < -0.3 is 15.2 Å². The lowest BCUT2D eigenvalue weighted by molar-refractivity contribution is -0.122. The summed E-state index contributed by atoms with van der Waals surface area (Å²) in [6.45, 7) is 4.13. The van der Waals surface area contributed by atoms with Crippen molar-refractivity contribution >= 4 is 5.91 Å². The van der Waals surface area contributed by atoms with E-state index in [4.69, 9.17) is 4.74 Å². The minimum absolute atomic E-state index is 0.00287. The number of hydrogen-bond donors (Lipinski definition) is 2. The fourth-order valence-corrected chi connectivity index (χ4v) is 1.26. The van der Waals surface area contributed by atoms with E-state index in [9.17, 15) is 9.90 Å². The first-order chi connectivity index (χ1) is 7.63. The van der Waals surface area contributed by atoms with Crippen molar-refractivity contribution < 1.29 is 14.6 Å². The smallest absolute Gasteiger partial charge is 0.257 e. The quantitative estimate of drug-likeness (QED) is 0.790. The highest BCUT2D eigenvalue weighted by Gasteiger charge is 2.04. The number of nitrogens with one attached hydrogen (secondary N) is 1. The van der Waals surface area contributed by atoms with Crippen LogP contribution >= 0.6 is 0 Å². The number of carbonyl (C=O) groups is 1. The molecule has 2 N–H and O–H groups in total. The second kappa shape index (κ2) is 6.12. The van der Waals surface area contributed by atoms with E-state index in [2.05, 4.69) is 5.32 Å². The molecule has 0 aromatic heterocycles. The topological polar surface area (TPSA) is 58.6 Å². The second-order valence-electron chi connectivity index (χ2n) is 3.49. The zero-order valence-corrected chi connectivity index (χ0v) is 9.56. The number of amides is 1. The molecule has 0 bridgehead atoms. The van der Waals surface area contributed by atoms with E-state index in [1.165, 1.54) is 0 Å². The van der Waals surface area contributed by atoms with E-state index in [-0.39, 0.29) is 12.5 Å². The first-order valence-corrected chi connectivity index (χ1v) is 5.31. The van der Waals surface area contributed by atoms with E-state index in [0.29, 0.717) is 12.3 Å². The number of aliphatic hydroxyl groups excluding tert-OH is 1. The summed E-state index contributed by atoms with van der Waals surface area (Å²) in [7, 11) is 0. The number of aliphatic hydroxyl groups is 1. The number of benzene rings is 1.